The summed E-state index contributed by atoms with van der Waals surface area (Å²) in [6.07, 6.45) is 0.590. The fourth-order valence-electron chi connectivity index (χ4n) is 1.28. The molecule has 0 aromatic heterocycles. The van der Waals surface area contributed by atoms with Gasteiger partial charge < -0.3 is 14.7 Å². The van der Waals surface area contributed by atoms with Gasteiger partial charge >= 0.3 is 6.09 Å². The van der Waals surface area contributed by atoms with E-state index in [9.17, 15) is 4.79 Å². The van der Waals surface area contributed by atoms with Crippen molar-refractivity contribution < 1.29 is 14.6 Å². The highest BCUT2D eigenvalue weighted by atomic mass is 16.5. The van der Waals surface area contributed by atoms with Crippen LogP contribution >= 0.6 is 0 Å². The minimum atomic E-state index is -0.291. The first-order valence-electron chi connectivity index (χ1n) is 3.71. The molecule has 1 aliphatic rings. The number of likely N-dealkylation sites (tertiary alicyclic amines) is 1. The lowest BCUT2D eigenvalue weighted by Crippen LogP contribution is -2.28. The number of methoxy groups -OCH3 is 1. The Morgan fingerprint density at radius 2 is 2.55 bits per heavy atom. The van der Waals surface area contributed by atoms with Crippen molar-refractivity contribution in [2.45, 2.75) is 6.42 Å². The molecular weight excluding hydrogens is 146 g/mol. The van der Waals surface area contributed by atoms with Gasteiger partial charge in [-0.1, -0.05) is 0 Å². The topological polar surface area (TPSA) is 49.8 Å². The summed E-state index contributed by atoms with van der Waals surface area (Å²) < 4.78 is 4.53. The van der Waals surface area contributed by atoms with Crippen molar-refractivity contribution in [3.8, 4) is 0 Å². The number of hydrogen-bond donors (Lipinski definition) is 1. The lowest BCUT2D eigenvalue weighted by Gasteiger charge is -2.13. The maximum absolute atomic E-state index is 10.9. The van der Waals surface area contributed by atoms with Crippen molar-refractivity contribution >= 4 is 6.09 Å². The standard InChI is InChI=1S/C7H13NO3/c1-11-7(10)8-3-2-6(4-8)5-9/h6,9H,2-5H2,1H3. The van der Waals surface area contributed by atoms with E-state index in [1.165, 1.54) is 7.11 Å². The van der Waals surface area contributed by atoms with Crippen molar-refractivity contribution in [3.63, 3.8) is 0 Å². The van der Waals surface area contributed by atoms with E-state index < -0.39 is 0 Å². The molecule has 4 nitrogen and oxygen atoms in total. The van der Waals surface area contributed by atoms with Crippen molar-refractivity contribution in [2.24, 2.45) is 5.92 Å². The Labute approximate surface area is 65.8 Å². The van der Waals surface area contributed by atoms with Crippen molar-refractivity contribution in [2.75, 3.05) is 26.8 Å². The molecule has 1 fully saturated rings. The largest absolute Gasteiger partial charge is 0.453 e. The number of ether oxygens (including phenoxy) is 1. The molecule has 1 atom stereocenters. The van der Waals surface area contributed by atoms with Crippen LogP contribution in [0.2, 0.25) is 0 Å². The van der Waals surface area contributed by atoms with Crippen LogP contribution in [0.25, 0.3) is 0 Å². The number of hydrogen-bond acceptors (Lipinski definition) is 3. The van der Waals surface area contributed by atoms with Crippen LogP contribution in [0.4, 0.5) is 4.79 Å². The number of carbonyl (C=O) groups is 1. The van der Waals surface area contributed by atoms with Gasteiger partial charge in [-0.3, -0.25) is 0 Å². The molecule has 4 heteroatoms. The lowest BCUT2D eigenvalue weighted by atomic mass is 10.1. The molecule has 1 N–H and O–H groups in total. The molecule has 1 rings (SSSR count). The summed E-state index contributed by atoms with van der Waals surface area (Å²) in [4.78, 5) is 12.5. The normalized spacial score (nSPS) is 23.8. The Morgan fingerprint density at radius 1 is 1.82 bits per heavy atom. The van der Waals surface area contributed by atoms with E-state index in [1.807, 2.05) is 0 Å². The number of aliphatic hydroxyl groups excluding tert-OH is 1. The predicted octanol–water partition coefficient (Wildman–Crippen LogP) is 0.0670. The summed E-state index contributed by atoms with van der Waals surface area (Å²) in [5, 5.41) is 8.76. The average molecular weight is 159 g/mol. The Hall–Kier alpha value is -0.770. The van der Waals surface area contributed by atoms with Crippen molar-refractivity contribution in [1.82, 2.24) is 4.90 Å². The van der Waals surface area contributed by atoms with Gasteiger partial charge in [0, 0.05) is 25.6 Å². The Balaban J connectivity index is 2.35. The molecule has 0 aromatic carbocycles. The SMILES string of the molecule is COC(=O)N1CCC(CO)C1. The first-order chi connectivity index (χ1) is 5.27. The number of rotatable bonds is 1. The molecule has 1 heterocycles. The predicted molar refractivity (Wildman–Crippen MR) is 39.2 cm³/mol. The first kappa shape index (κ1) is 8.33. The zero-order valence-electron chi connectivity index (χ0n) is 6.62. The maximum atomic E-state index is 10.9. The van der Waals surface area contributed by atoms with E-state index in [4.69, 9.17) is 5.11 Å². The van der Waals surface area contributed by atoms with Gasteiger partial charge in [0.05, 0.1) is 7.11 Å². The Morgan fingerprint density at radius 3 is 3.00 bits per heavy atom. The Bertz CT molecular complexity index is 149. The van der Waals surface area contributed by atoms with E-state index in [1.54, 1.807) is 4.90 Å². The third-order valence-corrected chi connectivity index (χ3v) is 1.98. The van der Waals surface area contributed by atoms with Crippen LogP contribution in [0.3, 0.4) is 0 Å². The summed E-state index contributed by atoms with van der Waals surface area (Å²) in [7, 11) is 1.37. The number of nitrogens with zero attached hydrogens (tertiary/aromatic N) is 1. The molecular formula is C7H13NO3. The monoisotopic (exact) mass is 159 g/mol. The zero-order chi connectivity index (χ0) is 8.27. The van der Waals surface area contributed by atoms with Gasteiger partial charge in [0.2, 0.25) is 0 Å². The molecule has 11 heavy (non-hydrogen) atoms. The molecule has 0 bridgehead atoms. The molecule has 0 radical (unpaired) electrons. The van der Waals surface area contributed by atoms with E-state index >= 15 is 0 Å². The van der Waals surface area contributed by atoms with Gasteiger partial charge in [-0.05, 0) is 6.42 Å². The second-order valence-electron chi connectivity index (χ2n) is 2.75. The van der Waals surface area contributed by atoms with Gasteiger partial charge in [-0.15, -0.1) is 0 Å². The number of amides is 1. The smallest absolute Gasteiger partial charge is 0.409 e. The van der Waals surface area contributed by atoms with E-state index in [2.05, 4.69) is 4.74 Å². The lowest BCUT2D eigenvalue weighted by molar-refractivity contribution is 0.129. The average Bonchev–Trinajstić information content (AvgIpc) is 2.50. The summed E-state index contributed by atoms with van der Waals surface area (Å²) in [6, 6.07) is 0. The molecule has 1 amide bonds. The second-order valence-corrected chi connectivity index (χ2v) is 2.75. The van der Waals surface area contributed by atoms with Crippen LogP contribution in [0.5, 0.6) is 0 Å². The molecule has 1 unspecified atom stereocenters. The second kappa shape index (κ2) is 3.57. The summed E-state index contributed by atoms with van der Waals surface area (Å²) in [5.74, 6) is 0.245. The maximum Gasteiger partial charge on any atom is 0.409 e. The first-order valence-corrected chi connectivity index (χ1v) is 3.71. The fourth-order valence-corrected chi connectivity index (χ4v) is 1.28. The molecule has 0 saturated carbocycles. The van der Waals surface area contributed by atoms with E-state index in [0.717, 1.165) is 6.42 Å². The quantitative estimate of drug-likeness (QED) is 0.589. The van der Waals surface area contributed by atoms with Gasteiger partial charge in [0.15, 0.2) is 0 Å². The van der Waals surface area contributed by atoms with Gasteiger partial charge in [0.1, 0.15) is 0 Å². The van der Waals surface area contributed by atoms with E-state index in [-0.39, 0.29) is 18.6 Å². The van der Waals surface area contributed by atoms with Crippen molar-refractivity contribution in [3.05, 3.63) is 0 Å². The highest BCUT2D eigenvalue weighted by Crippen LogP contribution is 2.15. The molecule has 0 aromatic rings. The molecule has 64 valence electrons. The molecule has 1 saturated heterocycles. The Kier molecular flexibility index (Phi) is 2.70. The third kappa shape index (κ3) is 1.83. The number of aliphatic hydroxyl groups is 1. The van der Waals surface area contributed by atoms with Gasteiger partial charge in [-0.2, -0.15) is 0 Å². The third-order valence-electron chi connectivity index (χ3n) is 1.98. The van der Waals surface area contributed by atoms with Crippen LogP contribution in [-0.2, 0) is 4.74 Å². The highest BCUT2D eigenvalue weighted by Gasteiger charge is 2.25. The number of carbonyl (C=O) groups excluding carboxylic acids is 1. The zero-order valence-corrected chi connectivity index (χ0v) is 6.62. The van der Waals surface area contributed by atoms with Crippen LogP contribution in [0.15, 0.2) is 0 Å². The summed E-state index contributed by atoms with van der Waals surface area (Å²) in [5.41, 5.74) is 0. The minimum absolute atomic E-state index is 0.160. The van der Waals surface area contributed by atoms with Gasteiger partial charge in [0.25, 0.3) is 0 Å². The fraction of sp³-hybridized carbons (Fsp3) is 0.857. The van der Waals surface area contributed by atoms with Crippen LogP contribution < -0.4 is 0 Å². The molecule has 0 spiro atoms. The van der Waals surface area contributed by atoms with E-state index in [0.29, 0.717) is 13.1 Å². The molecule has 0 aliphatic carbocycles. The van der Waals surface area contributed by atoms with Crippen LogP contribution in [0.1, 0.15) is 6.42 Å². The highest BCUT2D eigenvalue weighted by molar-refractivity contribution is 5.67. The summed E-state index contributed by atoms with van der Waals surface area (Å²) in [6.45, 7) is 1.49. The summed E-state index contributed by atoms with van der Waals surface area (Å²) >= 11 is 0. The molecule has 1 aliphatic heterocycles. The van der Waals surface area contributed by atoms with Crippen LogP contribution in [0, 0.1) is 5.92 Å². The van der Waals surface area contributed by atoms with Crippen molar-refractivity contribution in [1.29, 1.82) is 0 Å². The van der Waals surface area contributed by atoms with Crippen LogP contribution in [-0.4, -0.2) is 42.9 Å². The van der Waals surface area contributed by atoms with Gasteiger partial charge in [-0.25, -0.2) is 4.79 Å². The minimum Gasteiger partial charge on any atom is -0.453 e.